The smallest absolute Gasteiger partial charge is 0.358 e. The van der Waals surface area contributed by atoms with Crippen LogP contribution in [0.5, 0.6) is 0 Å². The van der Waals surface area contributed by atoms with Gasteiger partial charge in [0, 0.05) is 5.92 Å². The Morgan fingerprint density at radius 3 is 2.68 bits per heavy atom. The molecule has 114 valence electrons. The van der Waals surface area contributed by atoms with Gasteiger partial charge in [-0.25, -0.2) is 9.48 Å². The molecule has 1 amide bonds. The number of para-hydroxylation sites is 1. The number of carbonyl (C=O) groups is 2. The van der Waals surface area contributed by atoms with E-state index < -0.39 is 5.97 Å². The molecule has 8 heteroatoms. The number of anilines is 1. The molecule has 1 saturated carbocycles. The van der Waals surface area contributed by atoms with Crippen LogP contribution in [0.3, 0.4) is 0 Å². The quantitative estimate of drug-likeness (QED) is 0.900. The maximum Gasteiger partial charge on any atom is 0.358 e. The molecule has 1 aromatic heterocycles. The molecule has 0 atom stereocenters. The average molecular weight is 321 g/mol. The lowest BCUT2D eigenvalue weighted by Gasteiger charge is -2.33. The second kappa shape index (κ2) is 5.76. The number of hydrogen-bond acceptors (Lipinski definition) is 4. The van der Waals surface area contributed by atoms with Gasteiger partial charge in [0.1, 0.15) is 0 Å². The summed E-state index contributed by atoms with van der Waals surface area (Å²) in [4.78, 5) is 22.9. The van der Waals surface area contributed by atoms with Crippen molar-refractivity contribution in [3.05, 3.63) is 41.2 Å². The third kappa shape index (κ3) is 2.80. The highest BCUT2D eigenvalue weighted by Gasteiger charge is 2.36. The van der Waals surface area contributed by atoms with E-state index in [4.69, 9.17) is 16.7 Å². The van der Waals surface area contributed by atoms with Crippen molar-refractivity contribution in [1.82, 2.24) is 15.0 Å². The van der Waals surface area contributed by atoms with E-state index in [1.807, 2.05) is 0 Å². The van der Waals surface area contributed by atoms with Gasteiger partial charge in [0.15, 0.2) is 5.69 Å². The van der Waals surface area contributed by atoms with Crippen molar-refractivity contribution >= 4 is 29.2 Å². The maximum absolute atomic E-state index is 12.1. The average Bonchev–Trinajstić information content (AvgIpc) is 2.89. The molecule has 1 heterocycles. The fourth-order valence-electron chi connectivity index (χ4n) is 2.37. The molecule has 22 heavy (non-hydrogen) atoms. The number of carboxylic acids is 1. The number of nitrogens with one attached hydrogen (secondary N) is 1. The zero-order chi connectivity index (χ0) is 15.7. The van der Waals surface area contributed by atoms with Crippen LogP contribution in [0, 0.1) is 5.92 Å². The van der Waals surface area contributed by atoms with Gasteiger partial charge < -0.3 is 10.4 Å². The van der Waals surface area contributed by atoms with Crippen LogP contribution in [0.25, 0.3) is 0 Å². The number of halogens is 1. The lowest BCUT2D eigenvalue weighted by Crippen LogP contribution is -2.36. The van der Waals surface area contributed by atoms with Gasteiger partial charge in [-0.2, -0.15) is 0 Å². The minimum atomic E-state index is -1.11. The second-order valence-electron chi connectivity index (χ2n) is 5.18. The minimum Gasteiger partial charge on any atom is -0.476 e. The van der Waals surface area contributed by atoms with Gasteiger partial charge >= 0.3 is 5.97 Å². The number of aromatic nitrogens is 3. The summed E-state index contributed by atoms with van der Waals surface area (Å²) in [7, 11) is 0. The third-order valence-electron chi connectivity index (χ3n) is 3.72. The van der Waals surface area contributed by atoms with E-state index in [-0.39, 0.29) is 23.6 Å². The van der Waals surface area contributed by atoms with E-state index in [1.165, 1.54) is 10.9 Å². The topological polar surface area (TPSA) is 97.1 Å². The summed E-state index contributed by atoms with van der Waals surface area (Å²) in [6.45, 7) is 0. The Labute approximate surface area is 130 Å². The van der Waals surface area contributed by atoms with Crippen molar-refractivity contribution in [2.75, 3.05) is 5.32 Å². The molecule has 0 bridgehead atoms. The fourth-order valence-corrected chi connectivity index (χ4v) is 2.55. The minimum absolute atomic E-state index is 0.00240. The van der Waals surface area contributed by atoms with Crippen LogP contribution in [0.2, 0.25) is 5.02 Å². The molecule has 7 nitrogen and oxygen atoms in total. The van der Waals surface area contributed by atoms with Crippen LogP contribution >= 0.6 is 11.6 Å². The second-order valence-corrected chi connectivity index (χ2v) is 5.59. The Hall–Kier alpha value is -2.41. The largest absolute Gasteiger partial charge is 0.476 e. The van der Waals surface area contributed by atoms with Crippen molar-refractivity contribution in [2.45, 2.75) is 18.9 Å². The Morgan fingerprint density at radius 2 is 2.05 bits per heavy atom. The highest BCUT2D eigenvalue weighted by atomic mass is 35.5. The molecular formula is C14H13ClN4O3. The zero-order valence-corrected chi connectivity index (χ0v) is 12.2. The summed E-state index contributed by atoms with van der Waals surface area (Å²) in [6, 6.07) is 7.05. The maximum atomic E-state index is 12.1. The first-order valence-electron chi connectivity index (χ1n) is 6.75. The molecule has 0 radical (unpaired) electrons. The van der Waals surface area contributed by atoms with Crippen LogP contribution in [0.15, 0.2) is 30.5 Å². The first-order chi connectivity index (χ1) is 10.5. The molecule has 0 unspecified atom stereocenters. The number of aromatic carboxylic acids is 1. The normalized spacial score (nSPS) is 20.2. The number of carbonyl (C=O) groups excluding carboxylic acids is 1. The Morgan fingerprint density at radius 1 is 1.32 bits per heavy atom. The monoisotopic (exact) mass is 320 g/mol. The molecule has 0 spiro atoms. The summed E-state index contributed by atoms with van der Waals surface area (Å²) < 4.78 is 1.50. The van der Waals surface area contributed by atoms with Crippen molar-refractivity contribution in [3.63, 3.8) is 0 Å². The predicted octanol–water partition coefficient (Wildman–Crippen LogP) is 2.22. The summed E-state index contributed by atoms with van der Waals surface area (Å²) in [6.07, 6.45) is 2.58. The molecule has 1 aliphatic rings. The Kier molecular flexibility index (Phi) is 3.81. The summed E-state index contributed by atoms with van der Waals surface area (Å²) in [5.74, 6) is -1.35. The molecule has 1 aliphatic carbocycles. The Balaban J connectivity index is 1.57. The molecule has 2 N–H and O–H groups in total. The summed E-state index contributed by atoms with van der Waals surface area (Å²) >= 11 is 6.00. The highest BCUT2D eigenvalue weighted by Crippen LogP contribution is 2.38. The van der Waals surface area contributed by atoms with Crippen molar-refractivity contribution < 1.29 is 14.7 Å². The fraction of sp³-hybridized carbons (Fsp3) is 0.286. The van der Waals surface area contributed by atoms with Crippen molar-refractivity contribution in [1.29, 1.82) is 0 Å². The van der Waals surface area contributed by atoms with Gasteiger partial charge in [-0.3, -0.25) is 4.79 Å². The first kappa shape index (κ1) is 14.5. The van der Waals surface area contributed by atoms with E-state index in [0.29, 0.717) is 23.6 Å². The van der Waals surface area contributed by atoms with E-state index >= 15 is 0 Å². The molecule has 0 aliphatic heterocycles. The first-order valence-corrected chi connectivity index (χ1v) is 7.13. The van der Waals surface area contributed by atoms with E-state index in [1.54, 1.807) is 24.3 Å². The van der Waals surface area contributed by atoms with Gasteiger partial charge in [-0.15, -0.1) is 5.10 Å². The van der Waals surface area contributed by atoms with Crippen molar-refractivity contribution in [3.8, 4) is 0 Å². The van der Waals surface area contributed by atoms with E-state index in [9.17, 15) is 9.59 Å². The molecule has 1 aromatic carbocycles. The molecule has 1 fully saturated rings. The summed E-state index contributed by atoms with van der Waals surface area (Å²) in [5.41, 5.74) is 0.496. The number of carboxylic acid groups (broad SMARTS) is 1. The highest BCUT2D eigenvalue weighted by molar-refractivity contribution is 6.33. The number of hydrogen-bond donors (Lipinski definition) is 2. The van der Waals surface area contributed by atoms with Crippen molar-refractivity contribution in [2.24, 2.45) is 5.92 Å². The number of nitrogens with zero attached hydrogens (tertiary/aromatic N) is 3. The molecule has 2 aromatic rings. The third-order valence-corrected chi connectivity index (χ3v) is 4.05. The van der Waals surface area contributed by atoms with Crippen LogP contribution in [-0.4, -0.2) is 32.0 Å². The van der Waals surface area contributed by atoms with Gasteiger partial charge in [0.2, 0.25) is 5.91 Å². The summed E-state index contributed by atoms with van der Waals surface area (Å²) in [5, 5.41) is 19.4. The van der Waals surface area contributed by atoms with E-state index in [0.717, 1.165) is 0 Å². The van der Waals surface area contributed by atoms with Crippen LogP contribution in [0.4, 0.5) is 5.69 Å². The van der Waals surface area contributed by atoms with E-state index in [2.05, 4.69) is 15.6 Å². The SMILES string of the molecule is O=C(O)c1cn(C2CC(C(=O)Nc3ccccc3Cl)C2)nn1. The van der Waals surface area contributed by atoms with Gasteiger partial charge in [-0.05, 0) is 25.0 Å². The Bertz CT molecular complexity index is 724. The predicted molar refractivity (Wildman–Crippen MR) is 78.8 cm³/mol. The molecule has 0 saturated heterocycles. The lowest BCUT2D eigenvalue weighted by molar-refractivity contribution is -0.123. The van der Waals surface area contributed by atoms with Gasteiger partial charge in [0.25, 0.3) is 0 Å². The molecular weight excluding hydrogens is 308 g/mol. The zero-order valence-electron chi connectivity index (χ0n) is 11.4. The number of rotatable bonds is 4. The van der Waals surface area contributed by atoms with Crippen LogP contribution < -0.4 is 5.32 Å². The number of benzene rings is 1. The lowest BCUT2D eigenvalue weighted by atomic mass is 9.79. The van der Waals surface area contributed by atoms with Crippen LogP contribution in [0.1, 0.15) is 29.4 Å². The van der Waals surface area contributed by atoms with Gasteiger partial charge in [-0.1, -0.05) is 28.9 Å². The van der Waals surface area contributed by atoms with Crippen LogP contribution in [-0.2, 0) is 4.79 Å². The number of amides is 1. The van der Waals surface area contributed by atoms with Gasteiger partial charge in [0.05, 0.1) is 22.9 Å². The molecule has 3 rings (SSSR count). The standard InChI is InChI=1S/C14H13ClN4O3/c15-10-3-1-2-4-11(10)16-13(20)8-5-9(6-8)19-7-12(14(21)22)17-18-19/h1-4,7-9H,5-6H2,(H,16,20)(H,21,22).